The quantitative estimate of drug-likeness (QED) is 0.687. The lowest BCUT2D eigenvalue weighted by molar-refractivity contribution is -0.385. The Morgan fingerprint density at radius 1 is 1.21 bits per heavy atom. The van der Waals surface area contributed by atoms with Crippen LogP contribution in [0.25, 0.3) is 0 Å². The number of para-hydroxylation sites is 1. The molecule has 0 heterocycles. The van der Waals surface area contributed by atoms with E-state index in [9.17, 15) is 15.2 Å². The van der Waals surface area contributed by atoms with Gasteiger partial charge in [-0.25, -0.2) is 0 Å². The monoisotopic (exact) mass is 277 g/mol. The molecule has 0 aliphatic carbocycles. The van der Waals surface area contributed by atoms with Crippen molar-refractivity contribution < 1.29 is 10.0 Å². The van der Waals surface area contributed by atoms with Crippen molar-refractivity contribution in [2.45, 2.75) is 12.5 Å². The predicted molar refractivity (Wildman–Crippen MR) is 73.2 cm³/mol. The van der Waals surface area contributed by atoms with Crippen molar-refractivity contribution >= 4 is 17.3 Å². The van der Waals surface area contributed by atoms with Crippen LogP contribution in [-0.2, 0) is 6.42 Å². The Bertz CT molecular complexity index is 601. The van der Waals surface area contributed by atoms with E-state index in [0.29, 0.717) is 16.1 Å². The fraction of sp³-hybridized carbons (Fsp3) is 0.143. The Balaban J connectivity index is 2.24. The van der Waals surface area contributed by atoms with E-state index in [1.54, 1.807) is 42.5 Å². The number of rotatable bonds is 4. The van der Waals surface area contributed by atoms with Gasteiger partial charge in [0.15, 0.2) is 0 Å². The van der Waals surface area contributed by atoms with Gasteiger partial charge in [0, 0.05) is 23.1 Å². The zero-order valence-electron chi connectivity index (χ0n) is 9.99. The Kier molecular flexibility index (Phi) is 4.14. The second-order valence-electron chi connectivity index (χ2n) is 4.16. The summed E-state index contributed by atoms with van der Waals surface area (Å²) in [6, 6.07) is 13.2. The summed E-state index contributed by atoms with van der Waals surface area (Å²) in [5, 5.41) is 21.5. The highest BCUT2D eigenvalue weighted by atomic mass is 35.5. The van der Waals surface area contributed by atoms with Gasteiger partial charge in [0.05, 0.1) is 11.0 Å². The smallest absolute Gasteiger partial charge is 0.272 e. The highest BCUT2D eigenvalue weighted by Gasteiger charge is 2.17. The zero-order valence-corrected chi connectivity index (χ0v) is 10.7. The van der Waals surface area contributed by atoms with Gasteiger partial charge >= 0.3 is 0 Å². The van der Waals surface area contributed by atoms with Gasteiger partial charge in [0.1, 0.15) is 0 Å². The zero-order chi connectivity index (χ0) is 13.8. The van der Waals surface area contributed by atoms with Crippen LogP contribution in [0.2, 0.25) is 5.02 Å². The molecule has 0 radical (unpaired) electrons. The average Bonchev–Trinajstić information content (AvgIpc) is 2.39. The standard InChI is InChI=1S/C14H12ClNO3/c15-12-6-3-5-11(8-12)14(17)9-10-4-1-2-7-13(10)16(18)19/h1-8,14,17H,9H2. The maximum atomic E-state index is 10.9. The Labute approximate surface area is 115 Å². The van der Waals surface area contributed by atoms with Gasteiger partial charge in [-0.05, 0) is 17.7 Å². The van der Waals surface area contributed by atoms with Gasteiger partial charge < -0.3 is 5.11 Å². The van der Waals surface area contributed by atoms with Gasteiger partial charge in [-0.3, -0.25) is 10.1 Å². The first-order valence-electron chi connectivity index (χ1n) is 5.74. The summed E-state index contributed by atoms with van der Waals surface area (Å²) < 4.78 is 0. The lowest BCUT2D eigenvalue weighted by atomic mass is 10.0. The van der Waals surface area contributed by atoms with Gasteiger partial charge in [-0.15, -0.1) is 0 Å². The van der Waals surface area contributed by atoms with E-state index in [0.717, 1.165) is 0 Å². The second kappa shape index (κ2) is 5.82. The van der Waals surface area contributed by atoms with Crippen molar-refractivity contribution in [2.24, 2.45) is 0 Å². The topological polar surface area (TPSA) is 63.4 Å². The normalized spacial score (nSPS) is 12.1. The number of halogens is 1. The second-order valence-corrected chi connectivity index (χ2v) is 4.60. The van der Waals surface area contributed by atoms with E-state index in [4.69, 9.17) is 11.6 Å². The predicted octanol–water partition coefficient (Wildman–Crippen LogP) is 3.52. The maximum absolute atomic E-state index is 10.9. The SMILES string of the molecule is O=[N+]([O-])c1ccccc1CC(O)c1cccc(Cl)c1. The van der Waals surface area contributed by atoms with E-state index in [1.807, 2.05) is 0 Å². The van der Waals surface area contributed by atoms with E-state index < -0.39 is 11.0 Å². The summed E-state index contributed by atoms with van der Waals surface area (Å²) in [5.74, 6) is 0. The molecule has 0 aromatic heterocycles. The first-order chi connectivity index (χ1) is 9.08. The largest absolute Gasteiger partial charge is 0.388 e. The molecule has 0 amide bonds. The van der Waals surface area contributed by atoms with Crippen molar-refractivity contribution in [1.82, 2.24) is 0 Å². The molecule has 1 N–H and O–H groups in total. The van der Waals surface area contributed by atoms with Crippen LogP contribution in [0.4, 0.5) is 5.69 Å². The molecule has 0 bridgehead atoms. The van der Waals surface area contributed by atoms with Crippen LogP contribution in [0.3, 0.4) is 0 Å². The van der Waals surface area contributed by atoms with E-state index in [-0.39, 0.29) is 12.1 Å². The lowest BCUT2D eigenvalue weighted by Gasteiger charge is -2.11. The van der Waals surface area contributed by atoms with Crippen molar-refractivity contribution in [3.8, 4) is 0 Å². The molecular formula is C14H12ClNO3. The van der Waals surface area contributed by atoms with Gasteiger partial charge in [0.2, 0.25) is 0 Å². The van der Waals surface area contributed by atoms with Crippen LogP contribution in [-0.4, -0.2) is 10.0 Å². The summed E-state index contributed by atoms with van der Waals surface area (Å²) in [4.78, 5) is 10.5. The minimum atomic E-state index is -0.820. The summed E-state index contributed by atoms with van der Waals surface area (Å²) in [5.41, 5.74) is 1.16. The van der Waals surface area contributed by atoms with Crippen molar-refractivity contribution in [3.05, 3.63) is 74.8 Å². The first kappa shape index (κ1) is 13.5. The number of nitrogens with zero attached hydrogens (tertiary/aromatic N) is 1. The number of nitro groups is 1. The molecule has 2 aromatic carbocycles. The third kappa shape index (κ3) is 3.30. The van der Waals surface area contributed by atoms with Crippen LogP contribution in [0, 0.1) is 10.1 Å². The van der Waals surface area contributed by atoms with Gasteiger partial charge in [0.25, 0.3) is 5.69 Å². The first-order valence-corrected chi connectivity index (χ1v) is 6.11. The highest BCUT2D eigenvalue weighted by molar-refractivity contribution is 6.30. The molecule has 0 aliphatic rings. The summed E-state index contributed by atoms with van der Waals surface area (Å²) >= 11 is 5.85. The molecule has 5 heteroatoms. The Hall–Kier alpha value is -1.91. The molecule has 0 saturated heterocycles. The number of nitro benzene ring substituents is 1. The molecule has 0 fully saturated rings. The van der Waals surface area contributed by atoms with Crippen LogP contribution < -0.4 is 0 Å². The van der Waals surface area contributed by atoms with Crippen molar-refractivity contribution in [2.75, 3.05) is 0 Å². The molecular weight excluding hydrogens is 266 g/mol. The molecule has 1 unspecified atom stereocenters. The number of benzene rings is 2. The number of hydrogen-bond donors (Lipinski definition) is 1. The van der Waals surface area contributed by atoms with E-state index >= 15 is 0 Å². The average molecular weight is 278 g/mol. The van der Waals surface area contributed by atoms with Gasteiger partial charge in [-0.2, -0.15) is 0 Å². The van der Waals surface area contributed by atoms with Crippen molar-refractivity contribution in [3.63, 3.8) is 0 Å². The van der Waals surface area contributed by atoms with Gasteiger partial charge in [-0.1, -0.05) is 41.9 Å². The van der Waals surface area contributed by atoms with Crippen LogP contribution in [0.15, 0.2) is 48.5 Å². The number of hydrogen-bond acceptors (Lipinski definition) is 3. The molecule has 0 aliphatic heterocycles. The maximum Gasteiger partial charge on any atom is 0.272 e. The molecule has 0 saturated carbocycles. The fourth-order valence-corrected chi connectivity index (χ4v) is 2.10. The summed E-state index contributed by atoms with van der Waals surface area (Å²) in [6.07, 6.45) is -0.642. The van der Waals surface area contributed by atoms with Crippen LogP contribution in [0.1, 0.15) is 17.2 Å². The molecule has 98 valence electrons. The fourth-order valence-electron chi connectivity index (χ4n) is 1.90. The molecule has 4 nitrogen and oxygen atoms in total. The highest BCUT2D eigenvalue weighted by Crippen LogP contribution is 2.26. The van der Waals surface area contributed by atoms with Crippen LogP contribution in [0.5, 0.6) is 0 Å². The molecule has 2 rings (SSSR count). The number of aliphatic hydroxyl groups excluding tert-OH is 1. The third-order valence-electron chi connectivity index (χ3n) is 2.84. The minimum Gasteiger partial charge on any atom is -0.388 e. The lowest BCUT2D eigenvalue weighted by Crippen LogP contribution is -2.04. The molecule has 0 spiro atoms. The molecule has 2 aromatic rings. The molecule has 19 heavy (non-hydrogen) atoms. The summed E-state index contributed by atoms with van der Waals surface area (Å²) in [6.45, 7) is 0. The molecule has 1 atom stereocenters. The number of aliphatic hydroxyl groups is 1. The van der Waals surface area contributed by atoms with Crippen LogP contribution >= 0.6 is 11.6 Å². The van der Waals surface area contributed by atoms with Crippen molar-refractivity contribution in [1.29, 1.82) is 0 Å². The Morgan fingerprint density at radius 3 is 2.63 bits per heavy atom. The van der Waals surface area contributed by atoms with E-state index in [1.165, 1.54) is 6.07 Å². The minimum absolute atomic E-state index is 0.0172. The third-order valence-corrected chi connectivity index (χ3v) is 3.07. The summed E-state index contributed by atoms with van der Waals surface area (Å²) in [7, 11) is 0. The van der Waals surface area contributed by atoms with E-state index in [2.05, 4.69) is 0 Å². The Morgan fingerprint density at radius 2 is 1.95 bits per heavy atom.